The SMILES string of the molecule is O=C(/C=C\c1ccco1)N1CCc2c(cccc2N2CCOC2=O)C1. The van der Waals surface area contributed by atoms with Crippen molar-refractivity contribution in [1.29, 1.82) is 0 Å². The number of ether oxygens (including phenoxy) is 1. The Kier molecular flexibility index (Phi) is 4.01. The molecule has 0 spiro atoms. The molecule has 6 nitrogen and oxygen atoms in total. The average molecular weight is 338 g/mol. The number of carbonyl (C=O) groups is 2. The van der Waals surface area contributed by atoms with Crippen molar-refractivity contribution in [2.24, 2.45) is 0 Å². The molecule has 1 saturated heterocycles. The van der Waals surface area contributed by atoms with Gasteiger partial charge in [-0.05, 0) is 41.8 Å². The van der Waals surface area contributed by atoms with Crippen molar-refractivity contribution in [1.82, 2.24) is 4.90 Å². The normalized spacial score (nSPS) is 17.0. The van der Waals surface area contributed by atoms with Crippen molar-refractivity contribution in [2.75, 3.05) is 24.6 Å². The van der Waals surface area contributed by atoms with Gasteiger partial charge in [0.05, 0.1) is 18.5 Å². The molecule has 2 amide bonds. The van der Waals surface area contributed by atoms with Gasteiger partial charge in [-0.15, -0.1) is 0 Å². The second kappa shape index (κ2) is 6.47. The summed E-state index contributed by atoms with van der Waals surface area (Å²) in [7, 11) is 0. The second-order valence-corrected chi connectivity index (χ2v) is 6.04. The van der Waals surface area contributed by atoms with E-state index >= 15 is 0 Å². The van der Waals surface area contributed by atoms with Crippen molar-refractivity contribution in [3.05, 3.63) is 59.6 Å². The molecule has 4 rings (SSSR count). The predicted octanol–water partition coefficient (Wildman–Crippen LogP) is 2.83. The highest BCUT2D eigenvalue weighted by molar-refractivity contribution is 5.92. The molecule has 3 heterocycles. The largest absolute Gasteiger partial charge is 0.465 e. The van der Waals surface area contributed by atoms with Crippen LogP contribution in [0.5, 0.6) is 0 Å². The fourth-order valence-electron chi connectivity index (χ4n) is 3.29. The Hall–Kier alpha value is -3.02. The molecule has 2 aliphatic rings. The first-order chi connectivity index (χ1) is 12.2. The monoisotopic (exact) mass is 338 g/mol. The van der Waals surface area contributed by atoms with Gasteiger partial charge < -0.3 is 14.1 Å². The number of benzene rings is 1. The van der Waals surface area contributed by atoms with Crippen LogP contribution in [0, 0.1) is 0 Å². The van der Waals surface area contributed by atoms with Gasteiger partial charge in [-0.25, -0.2) is 4.79 Å². The van der Waals surface area contributed by atoms with Gasteiger partial charge >= 0.3 is 6.09 Å². The third-order valence-corrected chi connectivity index (χ3v) is 4.54. The highest BCUT2D eigenvalue weighted by Crippen LogP contribution is 2.30. The molecule has 0 atom stereocenters. The van der Waals surface area contributed by atoms with Crippen molar-refractivity contribution in [2.45, 2.75) is 13.0 Å². The van der Waals surface area contributed by atoms with Crippen LogP contribution in [-0.4, -0.2) is 36.6 Å². The molecule has 0 N–H and O–H groups in total. The molecule has 1 aromatic heterocycles. The third kappa shape index (κ3) is 3.03. The molecule has 0 bridgehead atoms. The van der Waals surface area contributed by atoms with E-state index < -0.39 is 0 Å². The minimum atomic E-state index is -0.298. The molecule has 2 aromatic rings. The van der Waals surface area contributed by atoms with Crippen LogP contribution in [0.2, 0.25) is 0 Å². The maximum Gasteiger partial charge on any atom is 0.414 e. The van der Waals surface area contributed by atoms with Gasteiger partial charge in [0.25, 0.3) is 0 Å². The molecule has 1 fully saturated rings. The standard InChI is InChI=1S/C19H18N2O4/c22-18(7-6-15-4-2-11-24-15)20-9-8-16-14(13-20)3-1-5-17(16)21-10-12-25-19(21)23/h1-7,11H,8-10,12-13H2/b7-6-. The summed E-state index contributed by atoms with van der Waals surface area (Å²) in [5, 5.41) is 0. The molecule has 2 aliphatic heterocycles. The number of furan rings is 1. The Labute approximate surface area is 145 Å². The Bertz CT molecular complexity index is 826. The fraction of sp³-hybridized carbons (Fsp3) is 0.263. The van der Waals surface area contributed by atoms with Crippen molar-refractivity contribution in [3.63, 3.8) is 0 Å². The van der Waals surface area contributed by atoms with Gasteiger partial charge in [0.15, 0.2) is 0 Å². The van der Waals surface area contributed by atoms with Crippen molar-refractivity contribution < 1.29 is 18.7 Å². The van der Waals surface area contributed by atoms with Gasteiger partial charge in [-0.2, -0.15) is 0 Å². The summed E-state index contributed by atoms with van der Waals surface area (Å²) in [5.41, 5.74) is 3.10. The zero-order chi connectivity index (χ0) is 17.2. The van der Waals surface area contributed by atoms with Crippen LogP contribution in [0.1, 0.15) is 16.9 Å². The van der Waals surface area contributed by atoms with Crippen LogP contribution >= 0.6 is 0 Å². The lowest BCUT2D eigenvalue weighted by molar-refractivity contribution is -0.126. The lowest BCUT2D eigenvalue weighted by atomic mass is 9.97. The number of fused-ring (bicyclic) bond motifs is 1. The van der Waals surface area contributed by atoms with E-state index in [4.69, 9.17) is 9.15 Å². The zero-order valence-corrected chi connectivity index (χ0v) is 13.7. The fourth-order valence-corrected chi connectivity index (χ4v) is 3.29. The first-order valence-electron chi connectivity index (χ1n) is 8.28. The smallest absolute Gasteiger partial charge is 0.414 e. The summed E-state index contributed by atoms with van der Waals surface area (Å²) in [6.07, 6.45) is 5.20. The molecule has 1 aromatic carbocycles. The number of nitrogens with zero attached hydrogens (tertiary/aromatic N) is 2. The Morgan fingerprint density at radius 3 is 2.84 bits per heavy atom. The molecule has 25 heavy (non-hydrogen) atoms. The van der Waals surface area contributed by atoms with Crippen LogP contribution in [0.25, 0.3) is 6.08 Å². The number of amides is 2. The lowest BCUT2D eigenvalue weighted by Crippen LogP contribution is -2.36. The van der Waals surface area contributed by atoms with E-state index in [-0.39, 0.29) is 12.0 Å². The first-order valence-corrected chi connectivity index (χ1v) is 8.28. The molecular formula is C19H18N2O4. The number of rotatable bonds is 3. The number of carbonyl (C=O) groups excluding carboxylic acids is 2. The number of anilines is 1. The molecule has 0 unspecified atom stereocenters. The predicted molar refractivity (Wildman–Crippen MR) is 92.0 cm³/mol. The molecule has 0 saturated carbocycles. The number of hydrogen-bond acceptors (Lipinski definition) is 4. The van der Waals surface area contributed by atoms with Crippen LogP contribution < -0.4 is 4.90 Å². The quantitative estimate of drug-likeness (QED) is 0.808. The van der Waals surface area contributed by atoms with Crippen molar-refractivity contribution >= 4 is 23.8 Å². The first kappa shape index (κ1) is 15.5. The zero-order valence-electron chi connectivity index (χ0n) is 13.7. The van der Waals surface area contributed by atoms with E-state index in [1.54, 1.807) is 34.3 Å². The summed E-state index contributed by atoms with van der Waals surface area (Å²) in [5.74, 6) is 0.605. The minimum Gasteiger partial charge on any atom is -0.465 e. The lowest BCUT2D eigenvalue weighted by Gasteiger charge is -2.30. The van der Waals surface area contributed by atoms with Gasteiger partial charge in [0.1, 0.15) is 12.4 Å². The second-order valence-electron chi connectivity index (χ2n) is 6.04. The number of hydrogen-bond donors (Lipinski definition) is 0. The van der Waals surface area contributed by atoms with E-state index in [9.17, 15) is 9.59 Å². The topological polar surface area (TPSA) is 63.0 Å². The number of cyclic esters (lactones) is 1. The van der Waals surface area contributed by atoms with E-state index in [0.717, 1.165) is 23.2 Å². The van der Waals surface area contributed by atoms with E-state index in [1.165, 1.54) is 6.08 Å². The maximum absolute atomic E-state index is 12.4. The third-order valence-electron chi connectivity index (χ3n) is 4.54. The summed E-state index contributed by atoms with van der Waals surface area (Å²) in [6.45, 7) is 2.15. The molecule has 0 aliphatic carbocycles. The minimum absolute atomic E-state index is 0.0481. The highest BCUT2D eigenvalue weighted by atomic mass is 16.6. The summed E-state index contributed by atoms with van der Waals surface area (Å²) < 4.78 is 10.2. The van der Waals surface area contributed by atoms with Crippen LogP contribution in [0.3, 0.4) is 0 Å². The van der Waals surface area contributed by atoms with Gasteiger partial charge in [-0.3, -0.25) is 9.69 Å². The maximum atomic E-state index is 12.4. The highest BCUT2D eigenvalue weighted by Gasteiger charge is 2.29. The molecule has 0 radical (unpaired) electrons. The van der Waals surface area contributed by atoms with Gasteiger partial charge in [0.2, 0.25) is 5.91 Å². The van der Waals surface area contributed by atoms with Crippen LogP contribution in [0.15, 0.2) is 47.1 Å². The van der Waals surface area contributed by atoms with E-state index in [0.29, 0.717) is 32.0 Å². The molecule has 6 heteroatoms. The summed E-state index contributed by atoms with van der Waals surface area (Å²) in [4.78, 5) is 27.7. The summed E-state index contributed by atoms with van der Waals surface area (Å²) >= 11 is 0. The Morgan fingerprint density at radius 2 is 2.08 bits per heavy atom. The molecular weight excluding hydrogens is 320 g/mol. The van der Waals surface area contributed by atoms with Crippen LogP contribution in [0.4, 0.5) is 10.5 Å². The van der Waals surface area contributed by atoms with E-state index in [2.05, 4.69) is 0 Å². The van der Waals surface area contributed by atoms with Crippen LogP contribution in [-0.2, 0) is 22.5 Å². The Morgan fingerprint density at radius 1 is 1.16 bits per heavy atom. The average Bonchev–Trinajstić information content (AvgIpc) is 3.30. The summed E-state index contributed by atoms with van der Waals surface area (Å²) in [6, 6.07) is 9.46. The van der Waals surface area contributed by atoms with Gasteiger partial charge in [-0.1, -0.05) is 12.1 Å². The Balaban J connectivity index is 1.52. The van der Waals surface area contributed by atoms with Crippen molar-refractivity contribution in [3.8, 4) is 0 Å². The van der Waals surface area contributed by atoms with Gasteiger partial charge in [0, 0.05) is 19.2 Å². The van der Waals surface area contributed by atoms with E-state index in [1.807, 2.05) is 18.2 Å². The molecule has 128 valence electrons.